The van der Waals surface area contributed by atoms with E-state index >= 15 is 0 Å². The van der Waals surface area contributed by atoms with Crippen molar-refractivity contribution in [3.63, 3.8) is 0 Å². The lowest BCUT2D eigenvalue weighted by Crippen LogP contribution is -2.06. The van der Waals surface area contributed by atoms with Crippen molar-refractivity contribution in [3.05, 3.63) is 46.5 Å². The molecule has 26 heavy (non-hydrogen) atoms. The van der Waals surface area contributed by atoms with Gasteiger partial charge in [0.25, 0.3) is 6.43 Å². The number of halogens is 4. The minimum Gasteiger partial charge on any atom is -0.259 e. The van der Waals surface area contributed by atoms with E-state index < -0.39 is 12.2 Å². The fourth-order valence-corrected chi connectivity index (χ4v) is 2.58. The van der Waals surface area contributed by atoms with E-state index in [2.05, 4.69) is 35.7 Å². The molecular formula is C18H20Cl2F2N4. The molecule has 0 fully saturated rings. The number of nitrogens with zero attached hydrogens (tertiary/aromatic N) is 4. The van der Waals surface area contributed by atoms with Crippen molar-refractivity contribution in [2.45, 2.75) is 40.0 Å². The van der Waals surface area contributed by atoms with Gasteiger partial charge < -0.3 is 0 Å². The van der Waals surface area contributed by atoms with Crippen LogP contribution in [0.5, 0.6) is 0 Å². The molecule has 0 amide bonds. The van der Waals surface area contributed by atoms with Crippen LogP contribution < -0.4 is 0 Å². The second kappa shape index (κ2) is 9.24. The molecule has 0 N–H and O–H groups in total. The summed E-state index contributed by atoms with van der Waals surface area (Å²) in [4.78, 5) is 11.8. The SMILES string of the molecule is CCC(C)CC.FC(F)c1nc2ccccc2n1-c1nc(Cl)cc(Cl)n1. The Bertz CT molecular complexity index is 843. The zero-order valence-electron chi connectivity index (χ0n) is 14.8. The van der Waals surface area contributed by atoms with Crippen molar-refractivity contribution < 1.29 is 8.78 Å². The van der Waals surface area contributed by atoms with Crippen LogP contribution in [0.4, 0.5) is 8.78 Å². The molecule has 0 atom stereocenters. The number of benzene rings is 1. The highest BCUT2D eigenvalue weighted by Crippen LogP contribution is 2.27. The highest BCUT2D eigenvalue weighted by molar-refractivity contribution is 6.33. The lowest BCUT2D eigenvalue weighted by Gasteiger charge is -2.07. The Morgan fingerprint density at radius 3 is 2.08 bits per heavy atom. The molecule has 0 saturated heterocycles. The van der Waals surface area contributed by atoms with Crippen LogP contribution in [0.2, 0.25) is 10.3 Å². The van der Waals surface area contributed by atoms with Gasteiger partial charge >= 0.3 is 0 Å². The minimum atomic E-state index is -2.77. The molecular weight excluding hydrogens is 381 g/mol. The number of rotatable bonds is 4. The fraction of sp³-hybridized carbons (Fsp3) is 0.389. The molecule has 0 unspecified atom stereocenters. The molecule has 0 aliphatic carbocycles. The van der Waals surface area contributed by atoms with Crippen LogP contribution in [-0.4, -0.2) is 19.5 Å². The monoisotopic (exact) mass is 400 g/mol. The third kappa shape index (κ3) is 4.89. The maximum absolute atomic E-state index is 13.1. The van der Waals surface area contributed by atoms with Gasteiger partial charge in [0.2, 0.25) is 5.95 Å². The predicted octanol–water partition coefficient (Wildman–Crippen LogP) is 6.50. The van der Waals surface area contributed by atoms with Crippen LogP contribution >= 0.6 is 23.2 Å². The Morgan fingerprint density at radius 2 is 1.58 bits per heavy atom. The van der Waals surface area contributed by atoms with Gasteiger partial charge in [-0.3, -0.25) is 4.57 Å². The third-order valence-electron chi connectivity index (χ3n) is 4.03. The molecule has 4 nitrogen and oxygen atoms in total. The number of hydrogen-bond acceptors (Lipinski definition) is 3. The average molecular weight is 401 g/mol. The number of alkyl halides is 2. The number of imidazole rings is 1. The number of fused-ring (bicyclic) bond motifs is 1. The molecule has 0 aliphatic rings. The highest BCUT2D eigenvalue weighted by atomic mass is 35.5. The second-order valence-electron chi connectivity index (χ2n) is 5.83. The van der Waals surface area contributed by atoms with Crippen molar-refractivity contribution in [2.75, 3.05) is 0 Å². The van der Waals surface area contributed by atoms with Crippen LogP contribution in [0.25, 0.3) is 17.0 Å². The van der Waals surface area contributed by atoms with Crippen molar-refractivity contribution >= 4 is 34.2 Å². The van der Waals surface area contributed by atoms with E-state index in [0.717, 1.165) is 10.5 Å². The highest BCUT2D eigenvalue weighted by Gasteiger charge is 2.21. The summed E-state index contributed by atoms with van der Waals surface area (Å²) in [6.07, 6.45) is -0.115. The summed E-state index contributed by atoms with van der Waals surface area (Å²) in [6, 6.07) is 8.02. The summed E-state index contributed by atoms with van der Waals surface area (Å²) in [5, 5.41) is 0.135. The zero-order valence-corrected chi connectivity index (χ0v) is 16.3. The molecule has 0 saturated carbocycles. The third-order valence-corrected chi connectivity index (χ3v) is 4.41. The van der Waals surface area contributed by atoms with E-state index in [-0.39, 0.29) is 16.3 Å². The van der Waals surface area contributed by atoms with Crippen LogP contribution in [0.1, 0.15) is 45.9 Å². The summed E-state index contributed by atoms with van der Waals surface area (Å²) in [5.41, 5.74) is 0.878. The molecule has 8 heteroatoms. The summed E-state index contributed by atoms with van der Waals surface area (Å²) in [6.45, 7) is 6.74. The first-order chi connectivity index (χ1) is 12.4. The molecule has 3 rings (SSSR count). The van der Waals surface area contributed by atoms with E-state index in [1.165, 1.54) is 18.9 Å². The molecule has 2 aromatic heterocycles. The van der Waals surface area contributed by atoms with Crippen molar-refractivity contribution in [1.82, 2.24) is 19.5 Å². The first-order valence-corrected chi connectivity index (χ1v) is 9.08. The van der Waals surface area contributed by atoms with Crippen molar-refractivity contribution in [3.8, 4) is 5.95 Å². The van der Waals surface area contributed by atoms with Gasteiger partial charge in [-0.15, -0.1) is 0 Å². The Labute approximate surface area is 161 Å². The van der Waals surface area contributed by atoms with E-state index in [4.69, 9.17) is 23.2 Å². The summed E-state index contributed by atoms with van der Waals surface area (Å²) in [5.74, 6) is 0.445. The number of para-hydroxylation sites is 2. The molecule has 0 aliphatic heterocycles. The summed E-state index contributed by atoms with van der Waals surface area (Å²) >= 11 is 11.6. The average Bonchev–Trinajstić information content (AvgIpc) is 3.00. The second-order valence-corrected chi connectivity index (χ2v) is 6.60. The number of hydrogen-bond donors (Lipinski definition) is 0. The molecule has 2 heterocycles. The Hall–Kier alpha value is -1.79. The maximum atomic E-state index is 13.1. The summed E-state index contributed by atoms with van der Waals surface area (Å²) in [7, 11) is 0. The normalized spacial score (nSPS) is 11.1. The zero-order chi connectivity index (χ0) is 19.3. The van der Waals surface area contributed by atoms with Gasteiger partial charge in [-0.2, -0.15) is 0 Å². The fourth-order valence-electron chi connectivity index (χ4n) is 2.17. The quantitative estimate of drug-likeness (QED) is 0.469. The Morgan fingerprint density at radius 1 is 1.00 bits per heavy atom. The van der Waals surface area contributed by atoms with Gasteiger partial charge in [0.1, 0.15) is 10.3 Å². The van der Waals surface area contributed by atoms with Crippen LogP contribution in [0.3, 0.4) is 0 Å². The van der Waals surface area contributed by atoms with E-state index in [9.17, 15) is 8.78 Å². The van der Waals surface area contributed by atoms with Gasteiger partial charge in [0, 0.05) is 6.07 Å². The largest absolute Gasteiger partial charge is 0.296 e. The van der Waals surface area contributed by atoms with Crippen LogP contribution in [0.15, 0.2) is 30.3 Å². The van der Waals surface area contributed by atoms with Crippen molar-refractivity contribution in [1.29, 1.82) is 0 Å². The molecule has 0 spiro atoms. The van der Waals surface area contributed by atoms with Gasteiger partial charge in [-0.25, -0.2) is 23.7 Å². The molecule has 0 radical (unpaired) electrons. The van der Waals surface area contributed by atoms with Gasteiger partial charge in [0.15, 0.2) is 5.82 Å². The topological polar surface area (TPSA) is 43.6 Å². The number of aromatic nitrogens is 4. The van der Waals surface area contributed by atoms with Crippen molar-refractivity contribution in [2.24, 2.45) is 5.92 Å². The Kier molecular flexibility index (Phi) is 7.29. The Balaban J connectivity index is 0.000000352. The van der Waals surface area contributed by atoms with Gasteiger partial charge in [-0.05, 0) is 18.1 Å². The van der Waals surface area contributed by atoms with E-state index in [0.29, 0.717) is 11.0 Å². The maximum Gasteiger partial charge on any atom is 0.296 e. The van der Waals surface area contributed by atoms with Crippen LogP contribution in [0, 0.1) is 5.92 Å². The van der Waals surface area contributed by atoms with Crippen LogP contribution in [-0.2, 0) is 0 Å². The predicted molar refractivity (Wildman–Crippen MR) is 101 cm³/mol. The first kappa shape index (κ1) is 20.5. The van der Waals surface area contributed by atoms with E-state index in [1.807, 2.05) is 0 Å². The van der Waals surface area contributed by atoms with Gasteiger partial charge in [-0.1, -0.05) is 68.9 Å². The van der Waals surface area contributed by atoms with Gasteiger partial charge in [0.05, 0.1) is 11.0 Å². The molecule has 0 bridgehead atoms. The standard InChI is InChI=1S/C12H6Cl2F2N4.C6H14/c13-8-5-9(14)19-12(18-8)20-7-4-2-1-3-6(7)17-11(20)10(15)16;1-4-6(3)5-2/h1-5,10H;6H,4-5H2,1-3H3. The molecule has 3 aromatic rings. The molecule has 140 valence electrons. The first-order valence-electron chi connectivity index (χ1n) is 8.33. The minimum absolute atomic E-state index is 0.0356. The lowest BCUT2D eigenvalue weighted by atomic mass is 10.1. The molecule has 1 aromatic carbocycles. The smallest absolute Gasteiger partial charge is 0.259 e. The summed E-state index contributed by atoms with van der Waals surface area (Å²) < 4.78 is 27.4. The lowest BCUT2D eigenvalue weighted by molar-refractivity contribution is 0.139. The van der Waals surface area contributed by atoms with E-state index in [1.54, 1.807) is 24.3 Å².